The summed E-state index contributed by atoms with van der Waals surface area (Å²) in [6, 6.07) is 31.1. The van der Waals surface area contributed by atoms with Crippen LogP contribution in [0.15, 0.2) is 114 Å². The molecule has 0 saturated carbocycles. The number of ether oxygens (including phenoxy) is 1. The molecule has 4 rings (SSSR count). The highest BCUT2D eigenvalue weighted by atomic mass is 32.4. The van der Waals surface area contributed by atoms with Crippen molar-refractivity contribution in [3.05, 3.63) is 120 Å². The van der Waals surface area contributed by atoms with Crippen LogP contribution in [0.1, 0.15) is 16.9 Å². The normalized spacial score (nSPS) is 12.8. The van der Waals surface area contributed by atoms with E-state index in [-0.39, 0.29) is 4.90 Å². The second-order valence-corrected chi connectivity index (χ2v) is 14.2. The van der Waals surface area contributed by atoms with Crippen LogP contribution in [0.3, 0.4) is 0 Å². The summed E-state index contributed by atoms with van der Waals surface area (Å²) < 4.78 is 35.7. The lowest BCUT2D eigenvalue weighted by Gasteiger charge is -2.33. The minimum atomic E-state index is -3.87. The first-order valence-corrected chi connectivity index (χ1v) is 15.1. The molecule has 34 heavy (non-hydrogen) atoms. The maximum absolute atomic E-state index is 13.6. The van der Waals surface area contributed by atoms with E-state index >= 15 is 0 Å². The summed E-state index contributed by atoms with van der Waals surface area (Å²) >= 11 is 6.50. The minimum absolute atomic E-state index is 0.202. The van der Waals surface area contributed by atoms with E-state index in [4.69, 9.17) is 16.5 Å². The molecule has 1 N–H and O–H groups in total. The van der Waals surface area contributed by atoms with Gasteiger partial charge < -0.3 is 4.74 Å². The molecule has 0 heterocycles. The van der Waals surface area contributed by atoms with Gasteiger partial charge in [-0.2, -0.15) is 4.72 Å². The van der Waals surface area contributed by atoms with Gasteiger partial charge >= 0.3 is 0 Å². The van der Waals surface area contributed by atoms with E-state index in [0.717, 1.165) is 21.7 Å². The lowest BCUT2D eigenvalue weighted by molar-refractivity contribution is 0.414. The van der Waals surface area contributed by atoms with E-state index < -0.39 is 21.8 Å². The third kappa shape index (κ3) is 5.01. The van der Waals surface area contributed by atoms with Gasteiger partial charge in [0.05, 0.1) is 17.8 Å². The number of rotatable bonds is 8. The molecule has 4 aromatic rings. The van der Waals surface area contributed by atoms with Gasteiger partial charge in [0, 0.05) is 6.04 Å². The number of hydrogen-bond acceptors (Lipinski definition) is 4. The Balaban J connectivity index is 1.95. The van der Waals surface area contributed by atoms with Gasteiger partial charge in [-0.15, -0.1) is 0 Å². The Kier molecular flexibility index (Phi) is 7.34. The van der Waals surface area contributed by atoms with Crippen molar-refractivity contribution < 1.29 is 13.2 Å². The molecule has 4 aromatic carbocycles. The number of benzene rings is 4. The predicted molar refractivity (Wildman–Crippen MR) is 144 cm³/mol. The van der Waals surface area contributed by atoms with E-state index in [2.05, 4.69) is 4.72 Å². The molecular formula is C27H26NO3PS2. The van der Waals surface area contributed by atoms with Crippen LogP contribution in [-0.4, -0.2) is 15.5 Å². The molecule has 0 aliphatic heterocycles. The quantitative estimate of drug-likeness (QED) is 0.337. The number of sulfonamides is 1. The molecule has 0 spiro atoms. The summed E-state index contributed by atoms with van der Waals surface area (Å²) in [6.07, 6.45) is 0. The lowest BCUT2D eigenvalue weighted by atomic mass is 10.2. The van der Waals surface area contributed by atoms with Crippen LogP contribution in [0.25, 0.3) is 0 Å². The van der Waals surface area contributed by atoms with Crippen molar-refractivity contribution in [1.82, 2.24) is 4.72 Å². The zero-order valence-electron chi connectivity index (χ0n) is 19.0. The third-order valence-electron chi connectivity index (χ3n) is 5.65. The Bertz CT molecular complexity index is 1360. The Morgan fingerprint density at radius 3 is 1.88 bits per heavy atom. The third-order valence-corrected chi connectivity index (χ3v) is 12.4. The van der Waals surface area contributed by atoms with Gasteiger partial charge in [0.25, 0.3) is 0 Å². The summed E-state index contributed by atoms with van der Waals surface area (Å²) in [4.78, 5) is 0.202. The summed E-state index contributed by atoms with van der Waals surface area (Å²) in [5, 5.41) is 1.85. The van der Waals surface area contributed by atoms with Crippen LogP contribution in [0.5, 0.6) is 5.75 Å². The first-order chi connectivity index (χ1) is 16.3. The average molecular weight is 508 g/mol. The van der Waals surface area contributed by atoms with Crippen molar-refractivity contribution in [3.63, 3.8) is 0 Å². The fourth-order valence-corrected chi connectivity index (χ4v) is 10.1. The van der Waals surface area contributed by atoms with Crippen molar-refractivity contribution in [3.8, 4) is 5.75 Å². The largest absolute Gasteiger partial charge is 0.497 e. The first kappa shape index (κ1) is 24.4. The van der Waals surface area contributed by atoms with Crippen LogP contribution in [0.2, 0.25) is 0 Å². The minimum Gasteiger partial charge on any atom is -0.497 e. The van der Waals surface area contributed by atoms with E-state index in [9.17, 15) is 8.42 Å². The lowest BCUT2D eigenvalue weighted by Crippen LogP contribution is -2.34. The molecular weight excluding hydrogens is 481 g/mol. The van der Waals surface area contributed by atoms with Crippen molar-refractivity contribution in [2.75, 3.05) is 7.11 Å². The van der Waals surface area contributed by atoms with Crippen molar-refractivity contribution in [2.45, 2.75) is 17.6 Å². The van der Waals surface area contributed by atoms with E-state index in [1.165, 1.54) is 0 Å². The predicted octanol–water partition coefficient (Wildman–Crippen LogP) is 5.11. The highest BCUT2D eigenvalue weighted by Crippen LogP contribution is 2.56. The van der Waals surface area contributed by atoms with E-state index in [1.54, 1.807) is 31.4 Å². The number of methoxy groups -OCH3 is 1. The Hall–Kier alpha value is -2.76. The molecule has 0 aliphatic carbocycles. The molecule has 0 aliphatic rings. The fraction of sp³-hybridized carbons (Fsp3) is 0.111. The maximum Gasteiger partial charge on any atom is 0.241 e. The van der Waals surface area contributed by atoms with E-state index in [0.29, 0.717) is 5.75 Å². The van der Waals surface area contributed by atoms with Gasteiger partial charge in [-0.3, -0.25) is 0 Å². The van der Waals surface area contributed by atoms with Crippen LogP contribution < -0.4 is 20.1 Å². The van der Waals surface area contributed by atoms with Crippen molar-refractivity contribution in [2.24, 2.45) is 0 Å². The maximum atomic E-state index is 13.6. The van der Waals surface area contributed by atoms with Gasteiger partial charge in [-0.1, -0.05) is 102 Å². The number of nitrogens with one attached hydrogen (secondary N) is 1. The van der Waals surface area contributed by atoms with Gasteiger partial charge in [0.15, 0.2) is 0 Å². The summed E-state index contributed by atoms with van der Waals surface area (Å²) in [6.45, 7) is 1.92. The molecule has 0 fully saturated rings. The topological polar surface area (TPSA) is 55.4 Å². The second kappa shape index (κ2) is 10.2. The zero-order valence-corrected chi connectivity index (χ0v) is 21.5. The monoisotopic (exact) mass is 507 g/mol. The molecule has 0 amide bonds. The molecule has 0 bridgehead atoms. The smallest absolute Gasteiger partial charge is 0.241 e. The Morgan fingerprint density at radius 2 is 1.35 bits per heavy atom. The molecule has 0 radical (unpaired) electrons. The van der Waals surface area contributed by atoms with Crippen LogP contribution in [0, 0.1) is 6.92 Å². The Labute approximate surface area is 206 Å². The highest BCUT2D eigenvalue weighted by molar-refractivity contribution is 8.22. The SMILES string of the molecule is COc1cccc([C@@H](NS(=O)(=O)c2ccc(C)cc2)P(=S)(c2ccccc2)c2ccccc2)c1. The molecule has 0 unspecified atom stereocenters. The molecule has 7 heteroatoms. The van der Waals surface area contributed by atoms with E-state index in [1.807, 2.05) is 91.9 Å². The van der Waals surface area contributed by atoms with Gasteiger partial charge in [0.2, 0.25) is 10.0 Å². The fourth-order valence-electron chi connectivity index (χ4n) is 3.84. The van der Waals surface area contributed by atoms with Crippen LogP contribution in [0.4, 0.5) is 0 Å². The first-order valence-electron chi connectivity index (χ1n) is 10.8. The average Bonchev–Trinajstić information content (AvgIpc) is 2.88. The number of aryl methyl sites for hydroxylation is 1. The van der Waals surface area contributed by atoms with Crippen LogP contribution >= 0.6 is 6.04 Å². The standard InChI is InChI=1S/C27H26NO3PS2/c1-21-16-18-26(19-17-21)34(29,30)28-27(22-10-9-11-23(20-22)31-2)32(33,24-12-5-3-6-13-24)25-14-7-4-8-15-25/h3-20,27-28H,1-2H3/t27-/m0/s1. The summed E-state index contributed by atoms with van der Waals surface area (Å²) in [5.41, 5.74) is 1.74. The van der Waals surface area contributed by atoms with Gasteiger partial charge in [-0.05, 0) is 47.4 Å². The summed E-state index contributed by atoms with van der Waals surface area (Å²) in [7, 11) is -2.28. The van der Waals surface area contributed by atoms with Crippen LogP contribution in [-0.2, 0) is 21.8 Å². The van der Waals surface area contributed by atoms with Gasteiger partial charge in [0.1, 0.15) is 5.75 Å². The summed E-state index contributed by atoms with van der Waals surface area (Å²) in [5.74, 6) is -0.0478. The van der Waals surface area contributed by atoms with Crippen molar-refractivity contribution >= 4 is 38.5 Å². The highest BCUT2D eigenvalue weighted by Gasteiger charge is 2.36. The van der Waals surface area contributed by atoms with Crippen molar-refractivity contribution in [1.29, 1.82) is 0 Å². The Morgan fingerprint density at radius 1 is 0.794 bits per heavy atom. The molecule has 4 nitrogen and oxygen atoms in total. The van der Waals surface area contributed by atoms with Gasteiger partial charge in [-0.25, -0.2) is 8.42 Å². The molecule has 0 aromatic heterocycles. The molecule has 0 saturated heterocycles. The molecule has 174 valence electrons. The zero-order chi connectivity index (χ0) is 24.2. The molecule has 1 atom stereocenters. The second-order valence-electron chi connectivity index (χ2n) is 7.94. The number of hydrogen-bond donors (Lipinski definition) is 1.